The zero-order valence-electron chi connectivity index (χ0n) is 25.4. The van der Waals surface area contributed by atoms with Gasteiger partial charge in [-0.3, -0.25) is 0 Å². The standard InChI is InChI=1S/C29H36.C12H9Br/c1-3-5-7-11-19-29(20-12-8-6-4-2)21-13-15-24-22-27-25-16-10-9-14-23(25)17-18-26(27)28(24)29;13-12-8-4-7-11(9-12)10-5-2-1-3-6-10/h9-10,13-18,21-22H,3-8,11-12,19-20H2,1-2H3;1-9H. The number of benzene rings is 4. The van der Waals surface area contributed by atoms with Gasteiger partial charge in [0.1, 0.15) is 0 Å². The van der Waals surface area contributed by atoms with E-state index in [0.717, 1.165) is 4.47 Å². The Morgan fingerprint density at radius 2 is 1.33 bits per heavy atom. The number of allylic oxidation sites excluding steroid dienone is 4. The van der Waals surface area contributed by atoms with Gasteiger partial charge in [-0.2, -0.15) is 0 Å². The lowest BCUT2D eigenvalue weighted by Crippen LogP contribution is -2.31. The fraction of sp³-hybridized carbons (Fsp3) is 0.317. The number of hydrogen-bond donors (Lipinski definition) is 0. The predicted octanol–water partition coefficient (Wildman–Crippen LogP) is 11.3. The van der Waals surface area contributed by atoms with Crippen LogP contribution in [0.4, 0.5) is 0 Å². The molecule has 0 saturated carbocycles. The highest BCUT2D eigenvalue weighted by Crippen LogP contribution is 2.47. The van der Waals surface area contributed by atoms with Gasteiger partial charge in [0.25, 0.3) is 0 Å². The molecule has 0 saturated heterocycles. The van der Waals surface area contributed by atoms with Gasteiger partial charge in [0.15, 0.2) is 0 Å². The molecule has 2 aliphatic rings. The Morgan fingerprint density at radius 3 is 2.05 bits per heavy atom. The highest BCUT2D eigenvalue weighted by Gasteiger charge is 2.36. The van der Waals surface area contributed by atoms with Crippen LogP contribution in [0.2, 0.25) is 0 Å². The Bertz CT molecular complexity index is 1640. The SMILES string of the molecule is Brc1cccc(-c2ccccc2)c1.CCCCCCC1(CCCCCC)C=CC=C2C=c3c(ccc4ccccc34)=C21. The minimum absolute atomic E-state index is 0.218. The van der Waals surface area contributed by atoms with Crippen LogP contribution >= 0.6 is 15.9 Å². The van der Waals surface area contributed by atoms with E-state index in [2.05, 4.69) is 127 Å². The molecule has 0 N–H and O–H groups in total. The van der Waals surface area contributed by atoms with Crippen LogP contribution in [0.1, 0.15) is 78.1 Å². The normalized spacial score (nSPS) is 14.5. The van der Waals surface area contributed by atoms with Crippen molar-refractivity contribution in [2.24, 2.45) is 5.41 Å². The Labute approximate surface area is 261 Å². The zero-order valence-corrected chi connectivity index (χ0v) is 27.0. The summed E-state index contributed by atoms with van der Waals surface area (Å²) in [5.41, 5.74) is 5.80. The Morgan fingerprint density at radius 1 is 0.643 bits per heavy atom. The molecule has 2 aliphatic carbocycles. The van der Waals surface area contributed by atoms with Gasteiger partial charge in [-0.1, -0.05) is 178 Å². The second-order valence-electron chi connectivity index (χ2n) is 11.9. The van der Waals surface area contributed by atoms with E-state index in [0.29, 0.717) is 0 Å². The van der Waals surface area contributed by atoms with Crippen LogP contribution in [0.5, 0.6) is 0 Å². The molecule has 0 spiro atoms. The Kier molecular flexibility index (Phi) is 10.7. The van der Waals surface area contributed by atoms with Gasteiger partial charge in [0.2, 0.25) is 0 Å². The van der Waals surface area contributed by atoms with E-state index in [-0.39, 0.29) is 5.41 Å². The lowest BCUT2D eigenvalue weighted by Gasteiger charge is -2.36. The lowest BCUT2D eigenvalue weighted by atomic mass is 9.68. The summed E-state index contributed by atoms with van der Waals surface area (Å²) < 4.78 is 1.12. The molecule has 1 heteroatoms. The van der Waals surface area contributed by atoms with E-state index in [9.17, 15) is 0 Å². The summed E-state index contributed by atoms with van der Waals surface area (Å²) in [6, 6.07) is 32.3. The van der Waals surface area contributed by atoms with E-state index in [4.69, 9.17) is 0 Å². The van der Waals surface area contributed by atoms with Crippen LogP contribution in [0.15, 0.2) is 119 Å². The fourth-order valence-corrected chi connectivity index (χ4v) is 7.13. The number of unbranched alkanes of at least 4 members (excludes halogenated alkanes) is 6. The molecule has 0 bridgehead atoms. The van der Waals surface area contributed by atoms with Gasteiger partial charge >= 0.3 is 0 Å². The van der Waals surface area contributed by atoms with Crippen molar-refractivity contribution in [3.8, 4) is 11.1 Å². The van der Waals surface area contributed by atoms with E-state index < -0.39 is 0 Å². The molecule has 0 amide bonds. The highest BCUT2D eigenvalue weighted by atomic mass is 79.9. The number of rotatable bonds is 11. The van der Waals surface area contributed by atoms with E-state index >= 15 is 0 Å². The van der Waals surface area contributed by atoms with Crippen LogP contribution in [-0.4, -0.2) is 0 Å². The van der Waals surface area contributed by atoms with Crippen molar-refractivity contribution < 1.29 is 0 Å². The molecule has 0 radical (unpaired) electrons. The smallest absolute Gasteiger partial charge is 0.0181 e. The molecule has 4 aromatic rings. The maximum absolute atomic E-state index is 3.46. The summed E-state index contributed by atoms with van der Waals surface area (Å²) in [5, 5.41) is 5.69. The average molecular weight is 618 g/mol. The van der Waals surface area contributed by atoms with Crippen LogP contribution in [-0.2, 0) is 0 Å². The molecule has 0 atom stereocenters. The summed E-state index contributed by atoms with van der Waals surface area (Å²) in [4.78, 5) is 0. The second-order valence-corrected chi connectivity index (χ2v) is 12.8. The van der Waals surface area contributed by atoms with Crippen molar-refractivity contribution in [2.45, 2.75) is 78.1 Å². The van der Waals surface area contributed by atoms with Crippen molar-refractivity contribution in [3.05, 3.63) is 130 Å². The molecular formula is C41H45Br. The van der Waals surface area contributed by atoms with Crippen molar-refractivity contribution in [1.29, 1.82) is 0 Å². The molecule has 0 unspecified atom stereocenters. The molecule has 0 fully saturated rings. The summed E-state index contributed by atoms with van der Waals surface area (Å²) in [7, 11) is 0. The summed E-state index contributed by atoms with van der Waals surface area (Å²) in [5.74, 6) is 0. The molecule has 0 heterocycles. The maximum atomic E-state index is 3.46. The maximum Gasteiger partial charge on any atom is 0.0181 e. The van der Waals surface area contributed by atoms with Crippen molar-refractivity contribution in [2.75, 3.05) is 0 Å². The average Bonchev–Trinajstić information content (AvgIpc) is 3.43. The fourth-order valence-electron chi connectivity index (χ4n) is 6.73. The minimum Gasteiger partial charge on any atom is -0.0739 e. The molecule has 6 rings (SSSR count). The van der Waals surface area contributed by atoms with E-state index in [1.807, 2.05) is 18.2 Å². The van der Waals surface area contributed by atoms with Crippen molar-refractivity contribution in [3.63, 3.8) is 0 Å². The minimum atomic E-state index is 0.218. The zero-order chi connectivity index (χ0) is 29.2. The van der Waals surface area contributed by atoms with Gasteiger partial charge in [0.05, 0.1) is 0 Å². The van der Waals surface area contributed by atoms with E-state index in [1.165, 1.54) is 102 Å². The largest absolute Gasteiger partial charge is 0.0739 e. The topological polar surface area (TPSA) is 0 Å². The molecule has 0 aromatic heterocycles. The second kappa shape index (κ2) is 14.8. The summed E-state index contributed by atoms with van der Waals surface area (Å²) in [6.45, 7) is 4.62. The first-order chi connectivity index (χ1) is 20.6. The Balaban J connectivity index is 0.000000226. The predicted molar refractivity (Wildman–Crippen MR) is 188 cm³/mol. The first-order valence-electron chi connectivity index (χ1n) is 16.1. The molecule has 216 valence electrons. The van der Waals surface area contributed by atoms with Crippen LogP contribution in [0, 0.1) is 5.41 Å². The Hall–Kier alpha value is -3.16. The molecule has 42 heavy (non-hydrogen) atoms. The number of hydrogen-bond acceptors (Lipinski definition) is 0. The molecule has 0 nitrogen and oxygen atoms in total. The van der Waals surface area contributed by atoms with Gasteiger partial charge < -0.3 is 0 Å². The quantitative estimate of drug-likeness (QED) is 0.147. The highest BCUT2D eigenvalue weighted by molar-refractivity contribution is 9.10. The van der Waals surface area contributed by atoms with Gasteiger partial charge in [-0.15, -0.1) is 0 Å². The van der Waals surface area contributed by atoms with Crippen molar-refractivity contribution in [1.82, 2.24) is 0 Å². The third-order valence-electron chi connectivity index (χ3n) is 8.90. The first kappa shape index (κ1) is 30.3. The van der Waals surface area contributed by atoms with Crippen molar-refractivity contribution >= 4 is 38.4 Å². The first-order valence-corrected chi connectivity index (χ1v) is 16.9. The summed E-state index contributed by atoms with van der Waals surface area (Å²) in [6.07, 6.45) is 23.1. The van der Waals surface area contributed by atoms with Crippen LogP contribution in [0.25, 0.3) is 33.5 Å². The lowest BCUT2D eigenvalue weighted by molar-refractivity contribution is 0.385. The van der Waals surface area contributed by atoms with Gasteiger partial charge in [0, 0.05) is 9.89 Å². The molecule has 4 aromatic carbocycles. The monoisotopic (exact) mass is 616 g/mol. The molecule has 0 aliphatic heterocycles. The number of fused-ring (bicyclic) bond motifs is 4. The summed E-state index contributed by atoms with van der Waals surface area (Å²) >= 11 is 3.46. The number of halogens is 1. The van der Waals surface area contributed by atoms with Crippen LogP contribution < -0.4 is 10.4 Å². The third-order valence-corrected chi connectivity index (χ3v) is 9.40. The van der Waals surface area contributed by atoms with E-state index in [1.54, 1.807) is 5.57 Å². The van der Waals surface area contributed by atoms with Gasteiger partial charge in [-0.25, -0.2) is 0 Å². The molecular weight excluding hydrogens is 572 g/mol. The third kappa shape index (κ3) is 7.07. The van der Waals surface area contributed by atoms with Gasteiger partial charge in [-0.05, 0) is 74.5 Å². The van der Waals surface area contributed by atoms with Crippen LogP contribution in [0.3, 0.4) is 0 Å².